The van der Waals surface area contributed by atoms with Crippen LogP contribution in [0.1, 0.15) is 22.5 Å². The zero-order chi connectivity index (χ0) is 18.7. The molecule has 0 N–H and O–H groups in total. The molecule has 6 heteroatoms. The van der Waals surface area contributed by atoms with Crippen molar-refractivity contribution in [2.24, 2.45) is 0 Å². The predicted molar refractivity (Wildman–Crippen MR) is 99.6 cm³/mol. The highest BCUT2D eigenvalue weighted by Gasteiger charge is 2.12. The summed E-state index contributed by atoms with van der Waals surface area (Å²) in [7, 11) is 0. The van der Waals surface area contributed by atoms with Crippen molar-refractivity contribution in [3.05, 3.63) is 87.5 Å². The zero-order valence-corrected chi connectivity index (χ0v) is 14.4. The highest BCUT2D eigenvalue weighted by atomic mass is 16.6. The minimum Gasteiger partial charge on any atom is -0.316 e. The smallest absolute Gasteiger partial charge is 0.270 e. The van der Waals surface area contributed by atoms with E-state index in [1.165, 1.54) is 12.1 Å². The van der Waals surface area contributed by atoms with Gasteiger partial charge in [0.1, 0.15) is 0 Å². The van der Waals surface area contributed by atoms with Gasteiger partial charge in [0.05, 0.1) is 28.4 Å². The monoisotopic (exact) mass is 344 g/mol. The number of allylic oxidation sites excluding steroid dienone is 1. The Morgan fingerprint density at radius 2 is 2.08 bits per heavy atom. The summed E-state index contributed by atoms with van der Waals surface area (Å²) in [6.07, 6.45) is 5.25. The fraction of sp³-hybridized carbons (Fsp3) is 0.100. The Morgan fingerprint density at radius 3 is 2.73 bits per heavy atom. The summed E-state index contributed by atoms with van der Waals surface area (Å²) >= 11 is 0. The Bertz CT molecular complexity index is 1040. The lowest BCUT2D eigenvalue weighted by molar-refractivity contribution is -0.384. The van der Waals surface area contributed by atoms with Crippen LogP contribution >= 0.6 is 0 Å². The van der Waals surface area contributed by atoms with Crippen molar-refractivity contribution in [1.29, 1.82) is 5.26 Å². The van der Waals surface area contributed by atoms with E-state index < -0.39 is 4.92 Å². The van der Waals surface area contributed by atoms with Crippen LogP contribution in [0.2, 0.25) is 0 Å². The molecule has 26 heavy (non-hydrogen) atoms. The fourth-order valence-electron chi connectivity index (χ4n) is 2.94. The van der Waals surface area contributed by atoms with Crippen molar-refractivity contribution in [1.82, 2.24) is 9.55 Å². The molecule has 0 amide bonds. The molecular weight excluding hydrogens is 328 g/mol. The number of hydrogen-bond donors (Lipinski definition) is 0. The molecule has 2 aromatic heterocycles. The van der Waals surface area contributed by atoms with E-state index in [0.29, 0.717) is 11.1 Å². The molecule has 128 valence electrons. The van der Waals surface area contributed by atoms with Gasteiger partial charge in [0, 0.05) is 29.7 Å². The maximum atomic E-state index is 11.0. The summed E-state index contributed by atoms with van der Waals surface area (Å²) in [6, 6.07) is 14.1. The second-order valence-electron chi connectivity index (χ2n) is 5.85. The number of nitro groups is 1. The Labute approximate surface area is 150 Å². The number of nitrogens with zero attached hydrogens (tertiary/aromatic N) is 4. The Balaban J connectivity index is 2.08. The highest BCUT2D eigenvalue weighted by molar-refractivity contribution is 5.90. The first-order chi connectivity index (χ1) is 12.5. The molecule has 0 spiro atoms. The lowest BCUT2D eigenvalue weighted by Gasteiger charge is -2.08. The van der Waals surface area contributed by atoms with Crippen LogP contribution in [0.5, 0.6) is 0 Å². The minimum atomic E-state index is -0.466. The molecule has 0 aliphatic heterocycles. The van der Waals surface area contributed by atoms with E-state index >= 15 is 0 Å². The first kappa shape index (κ1) is 17.1. The number of benzene rings is 1. The Kier molecular flexibility index (Phi) is 4.63. The first-order valence-corrected chi connectivity index (χ1v) is 7.97. The topological polar surface area (TPSA) is 84.7 Å². The molecule has 0 unspecified atom stereocenters. The third kappa shape index (κ3) is 3.23. The zero-order valence-electron chi connectivity index (χ0n) is 14.4. The maximum Gasteiger partial charge on any atom is 0.270 e. The number of aryl methyl sites for hydroxylation is 1. The van der Waals surface area contributed by atoms with Crippen molar-refractivity contribution in [2.45, 2.75) is 13.8 Å². The van der Waals surface area contributed by atoms with Gasteiger partial charge in [-0.05, 0) is 49.2 Å². The number of nitriles is 1. The number of rotatable bonds is 4. The van der Waals surface area contributed by atoms with E-state index in [-0.39, 0.29) is 5.69 Å². The van der Waals surface area contributed by atoms with E-state index in [1.54, 1.807) is 30.6 Å². The highest BCUT2D eigenvalue weighted by Crippen LogP contribution is 2.26. The molecule has 0 atom stereocenters. The number of pyridine rings is 1. The van der Waals surface area contributed by atoms with Crippen molar-refractivity contribution in [2.75, 3.05) is 0 Å². The molecule has 1 aromatic carbocycles. The van der Waals surface area contributed by atoms with E-state index in [1.807, 2.05) is 32.0 Å². The van der Waals surface area contributed by atoms with Crippen molar-refractivity contribution < 1.29 is 4.92 Å². The molecule has 0 saturated heterocycles. The second-order valence-corrected chi connectivity index (χ2v) is 5.85. The summed E-state index contributed by atoms with van der Waals surface area (Å²) < 4.78 is 2.06. The molecule has 3 rings (SSSR count). The average Bonchev–Trinajstić information content (AvgIpc) is 2.93. The Hall–Kier alpha value is -3.72. The molecular formula is C20H16N4O2. The summed E-state index contributed by atoms with van der Waals surface area (Å²) in [5.41, 5.74) is 4.66. The first-order valence-electron chi connectivity index (χ1n) is 7.97. The number of non-ortho nitro benzene ring substituents is 1. The maximum absolute atomic E-state index is 11.0. The third-order valence-corrected chi connectivity index (χ3v) is 4.16. The van der Waals surface area contributed by atoms with E-state index in [2.05, 4.69) is 15.6 Å². The van der Waals surface area contributed by atoms with Crippen LogP contribution in [0.4, 0.5) is 5.69 Å². The summed E-state index contributed by atoms with van der Waals surface area (Å²) in [5.74, 6) is 0. The lowest BCUT2D eigenvalue weighted by Crippen LogP contribution is -1.99. The Morgan fingerprint density at radius 1 is 1.27 bits per heavy atom. The van der Waals surface area contributed by atoms with Gasteiger partial charge in [-0.25, -0.2) is 0 Å². The molecule has 0 radical (unpaired) electrons. The summed E-state index contributed by atoms with van der Waals surface area (Å²) in [6.45, 7) is 3.95. The molecule has 0 aliphatic carbocycles. The summed E-state index contributed by atoms with van der Waals surface area (Å²) in [4.78, 5) is 14.7. The van der Waals surface area contributed by atoms with Gasteiger partial charge in [0.2, 0.25) is 0 Å². The van der Waals surface area contributed by atoms with Crippen LogP contribution in [0.15, 0.2) is 54.9 Å². The normalized spacial score (nSPS) is 11.2. The quantitative estimate of drug-likeness (QED) is 0.397. The van der Waals surface area contributed by atoms with Gasteiger partial charge in [-0.1, -0.05) is 12.1 Å². The average molecular weight is 344 g/mol. The molecule has 0 saturated carbocycles. The molecule has 3 aromatic rings. The van der Waals surface area contributed by atoms with Crippen molar-refractivity contribution in [3.8, 4) is 11.8 Å². The largest absolute Gasteiger partial charge is 0.316 e. The van der Waals surface area contributed by atoms with Crippen LogP contribution < -0.4 is 0 Å². The van der Waals surface area contributed by atoms with Crippen LogP contribution in [-0.2, 0) is 0 Å². The fourth-order valence-corrected chi connectivity index (χ4v) is 2.94. The van der Waals surface area contributed by atoms with Crippen LogP contribution in [0.25, 0.3) is 17.3 Å². The van der Waals surface area contributed by atoms with Gasteiger partial charge in [-0.2, -0.15) is 5.26 Å². The number of hydrogen-bond acceptors (Lipinski definition) is 4. The van der Waals surface area contributed by atoms with E-state index in [9.17, 15) is 15.4 Å². The second kappa shape index (κ2) is 7.03. The summed E-state index contributed by atoms with van der Waals surface area (Å²) in [5, 5.41) is 20.5. The molecule has 0 bridgehead atoms. The van der Waals surface area contributed by atoms with Crippen molar-refractivity contribution in [3.63, 3.8) is 0 Å². The van der Waals surface area contributed by atoms with Gasteiger partial charge >= 0.3 is 0 Å². The van der Waals surface area contributed by atoms with Gasteiger partial charge < -0.3 is 4.57 Å². The third-order valence-electron chi connectivity index (χ3n) is 4.16. The molecule has 0 fully saturated rings. The number of aromatic nitrogens is 2. The van der Waals surface area contributed by atoms with Gasteiger partial charge in [0.25, 0.3) is 5.69 Å². The van der Waals surface area contributed by atoms with Crippen LogP contribution in [0.3, 0.4) is 0 Å². The minimum absolute atomic E-state index is 0.0375. The molecule has 2 heterocycles. The lowest BCUT2D eigenvalue weighted by atomic mass is 10.0. The predicted octanol–water partition coefficient (Wildman–Crippen LogP) is 4.46. The molecule has 6 nitrogen and oxygen atoms in total. The van der Waals surface area contributed by atoms with Crippen LogP contribution in [-0.4, -0.2) is 14.5 Å². The van der Waals surface area contributed by atoms with Crippen molar-refractivity contribution >= 4 is 17.3 Å². The molecule has 0 aliphatic rings. The van der Waals surface area contributed by atoms with E-state index in [4.69, 9.17) is 0 Å². The standard InChI is InChI=1S/C20H16N4O2/c1-14-9-17(15(2)23(14)20-7-4-8-22-13-20)10-18(12-21)16-5-3-6-19(11-16)24(25)26/h3-11,13H,1-2H3. The SMILES string of the molecule is Cc1cc(C=C(C#N)c2cccc([N+](=O)[O-])c2)c(C)n1-c1cccnc1. The van der Waals surface area contributed by atoms with Gasteiger partial charge in [-0.3, -0.25) is 15.1 Å². The van der Waals surface area contributed by atoms with Gasteiger partial charge in [0.15, 0.2) is 0 Å². The van der Waals surface area contributed by atoms with E-state index in [0.717, 1.165) is 22.6 Å². The van der Waals surface area contributed by atoms with Gasteiger partial charge in [-0.15, -0.1) is 0 Å². The van der Waals surface area contributed by atoms with Crippen LogP contribution in [0, 0.1) is 35.3 Å². The number of nitro benzene ring substituents is 1.